The smallest absolute Gasteiger partial charge is 0.0798 e. The molecule has 0 saturated carbocycles. The second kappa shape index (κ2) is 4.11. The summed E-state index contributed by atoms with van der Waals surface area (Å²) in [6, 6.07) is 0. The first kappa shape index (κ1) is 9.68. The number of nitrogens with zero attached hydrogens (tertiary/aromatic N) is 1. The first-order valence-corrected chi connectivity index (χ1v) is 6.25. The van der Waals surface area contributed by atoms with Crippen molar-refractivity contribution in [1.29, 1.82) is 0 Å². The molecule has 0 aromatic carbocycles. The van der Waals surface area contributed by atoms with Crippen LogP contribution in [0.4, 0.5) is 5.69 Å². The fourth-order valence-corrected chi connectivity index (χ4v) is 2.73. The Bertz CT molecular complexity index is 377. The summed E-state index contributed by atoms with van der Waals surface area (Å²) in [5.41, 5.74) is 5.59. The molecule has 2 aromatic heterocycles. The number of rotatable bonds is 3. The van der Waals surface area contributed by atoms with Crippen LogP contribution in [-0.2, 0) is 6.54 Å². The van der Waals surface area contributed by atoms with E-state index in [9.17, 15) is 0 Å². The Kier molecular flexibility index (Phi) is 2.84. The summed E-state index contributed by atoms with van der Waals surface area (Å²) < 4.78 is 0. The van der Waals surface area contributed by atoms with E-state index in [0.29, 0.717) is 0 Å². The standard InChI is InChI=1S/C10H12N2S2/c1-7-4-13-5-9(7)11-3-10-8(2)12-6-14-10/h4-6,11H,3H2,1-2H3. The van der Waals surface area contributed by atoms with Crippen LogP contribution in [0.15, 0.2) is 16.3 Å². The van der Waals surface area contributed by atoms with Crippen molar-refractivity contribution >= 4 is 28.4 Å². The number of aryl methyl sites for hydroxylation is 2. The SMILES string of the molecule is Cc1cscc1NCc1scnc1C. The van der Waals surface area contributed by atoms with Crippen molar-refractivity contribution in [3.8, 4) is 0 Å². The number of hydrogen-bond donors (Lipinski definition) is 1. The maximum absolute atomic E-state index is 4.22. The first-order chi connectivity index (χ1) is 6.77. The molecule has 0 amide bonds. The maximum atomic E-state index is 4.22. The summed E-state index contributed by atoms with van der Waals surface area (Å²) in [4.78, 5) is 5.54. The molecule has 0 fully saturated rings. The van der Waals surface area contributed by atoms with Crippen molar-refractivity contribution in [2.75, 3.05) is 5.32 Å². The summed E-state index contributed by atoms with van der Waals surface area (Å²) >= 11 is 3.44. The van der Waals surface area contributed by atoms with E-state index in [-0.39, 0.29) is 0 Å². The minimum Gasteiger partial charge on any atom is -0.379 e. The zero-order chi connectivity index (χ0) is 9.97. The van der Waals surface area contributed by atoms with Crippen molar-refractivity contribution in [2.45, 2.75) is 20.4 Å². The summed E-state index contributed by atoms with van der Waals surface area (Å²) in [5.74, 6) is 0. The molecule has 2 rings (SSSR count). The van der Waals surface area contributed by atoms with Crippen LogP contribution in [0, 0.1) is 13.8 Å². The van der Waals surface area contributed by atoms with E-state index >= 15 is 0 Å². The Morgan fingerprint density at radius 3 is 2.79 bits per heavy atom. The average Bonchev–Trinajstić information content (AvgIpc) is 2.72. The molecule has 2 aromatic rings. The Morgan fingerprint density at radius 2 is 2.21 bits per heavy atom. The van der Waals surface area contributed by atoms with Gasteiger partial charge in [0.2, 0.25) is 0 Å². The van der Waals surface area contributed by atoms with Crippen LogP contribution in [0.5, 0.6) is 0 Å². The molecule has 2 nitrogen and oxygen atoms in total. The van der Waals surface area contributed by atoms with Gasteiger partial charge in [-0.1, -0.05) is 0 Å². The second-order valence-electron chi connectivity index (χ2n) is 3.18. The van der Waals surface area contributed by atoms with Crippen molar-refractivity contribution in [1.82, 2.24) is 4.98 Å². The average molecular weight is 224 g/mol. The number of nitrogens with one attached hydrogen (secondary N) is 1. The van der Waals surface area contributed by atoms with Gasteiger partial charge in [0.25, 0.3) is 0 Å². The lowest BCUT2D eigenvalue weighted by molar-refractivity contribution is 1.12. The third kappa shape index (κ3) is 1.96. The summed E-state index contributed by atoms with van der Waals surface area (Å²) in [5, 5.41) is 7.72. The van der Waals surface area contributed by atoms with E-state index in [2.05, 4.69) is 28.0 Å². The van der Waals surface area contributed by atoms with Gasteiger partial charge in [-0.05, 0) is 24.8 Å². The Morgan fingerprint density at radius 1 is 1.36 bits per heavy atom. The number of anilines is 1. The fraction of sp³-hybridized carbons (Fsp3) is 0.300. The van der Waals surface area contributed by atoms with Gasteiger partial charge in [-0.3, -0.25) is 0 Å². The molecule has 0 radical (unpaired) electrons. The Hall–Kier alpha value is -0.870. The van der Waals surface area contributed by atoms with Gasteiger partial charge in [0.1, 0.15) is 0 Å². The van der Waals surface area contributed by atoms with E-state index in [1.54, 1.807) is 22.7 Å². The number of thiazole rings is 1. The summed E-state index contributed by atoms with van der Waals surface area (Å²) in [6.45, 7) is 5.06. The van der Waals surface area contributed by atoms with Crippen LogP contribution < -0.4 is 5.32 Å². The zero-order valence-corrected chi connectivity index (χ0v) is 9.84. The molecule has 0 spiro atoms. The van der Waals surface area contributed by atoms with E-state index in [4.69, 9.17) is 0 Å². The maximum Gasteiger partial charge on any atom is 0.0798 e. The molecule has 0 bridgehead atoms. The first-order valence-electron chi connectivity index (χ1n) is 4.43. The van der Waals surface area contributed by atoms with Crippen molar-refractivity contribution in [2.24, 2.45) is 0 Å². The van der Waals surface area contributed by atoms with Crippen molar-refractivity contribution in [3.63, 3.8) is 0 Å². The van der Waals surface area contributed by atoms with E-state index < -0.39 is 0 Å². The molecule has 0 atom stereocenters. The van der Waals surface area contributed by atoms with Gasteiger partial charge in [-0.25, -0.2) is 4.98 Å². The van der Waals surface area contributed by atoms with Gasteiger partial charge in [-0.2, -0.15) is 0 Å². The third-order valence-electron chi connectivity index (χ3n) is 2.14. The minimum absolute atomic E-state index is 0.883. The lowest BCUT2D eigenvalue weighted by Gasteiger charge is -2.03. The van der Waals surface area contributed by atoms with Crippen LogP contribution >= 0.6 is 22.7 Å². The fourth-order valence-electron chi connectivity index (χ4n) is 1.21. The van der Waals surface area contributed by atoms with Crippen LogP contribution in [0.1, 0.15) is 16.1 Å². The Labute approximate surface area is 91.6 Å². The van der Waals surface area contributed by atoms with Gasteiger partial charge in [-0.15, -0.1) is 22.7 Å². The van der Waals surface area contributed by atoms with Crippen LogP contribution in [0.3, 0.4) is 0 Å². The molecule has 0 aliphatic rings. The van der Waals surface area contributed by atoms with Gasteiger partial charge >= 0.3 is 0 Å². The van der Waals surface area contributed by atoms with Gasteiger partial charge < -0.3 is 5.32 Å². The zero-order valence-electron chi connectivity index (χ0n) is 8.20. The monoisotopic (exact) mass is 224 g/mol. The number of aromatic nitrogens is 1. The van der Waals surface area contributed by atoms with Gasteiger partial charge in [0.05, 0.1) is 17.7 Å². The lowest BCUT2D eigenvalue weighted by Crippen LogP contribution is -1.98. The highest BCUT2D eigenvalue weighted by Gasteiger charge is 2.02. The predicted molar refractivity (Wildman–Crippen MR) is 63.2 cm³/mol. The minimum atomic E-state index is 0.883. The highest BCUT2D eigenvalue weighted by molar-refractivity contribution is 7.09. The molecule has 0 unspecified atom stereocenters. The van der Waals surface area contributed by atoms with E-state index in [1.165, 1.54) is 16.1 Å². The number of thiophene rings is 1. The second-order valence-corrected chi connectivity index (χ2v) is 4.87. The van der Waals surface area contributed by atoms with Gasteiger partial charge in [0.15, 0.2) is 0 Å². The van der Waals surface area contributed by atoms with Crippen molar-refractivity contribution in [3.05, 3.63) is 32.4 Å². The normalized spacial score (nSPS) is 10.4. The third-order valence-corrected chi connectivity index (χ3v) is 3.94. The van der Waals surface area contributed by atoms with E-state index in [1.807, 2.05) is 12.4 Å². The predicted octanol–water partition coefficient (Wildman–Crippen LogP) is 3.43. The van der Waals surface area contributed by atoms with Crippen LogP contribution in [0.2, 0.25) is 0 Å². The quantitative estimate of drug-likeness (QED) is 0.864. The number of hydrogen-bond acceptors (Lipinski definition) is 4. The lowest BCUT2D eigenvalue weighted by atomic mass is 10.3. The molecule has 74 valence electrons. The van der Waals surface area contributed by atoms with Gasteiger partial charge in [0, 0.05) is 15.9 Å². The molecule has 1 N–H and O–H groups in total. The summed E-state index contributed by atoms with van der Waals surface area (Å²) in [7, 11) is 0. The van der Waals surface area contributed by atoms with E-state index in [0.717, 1.165) is 12.2 Å². The van der Waals surface area contributed by atoms with Crippen LogP contribution in [0.25, 0.3) is 0 Å². The molecule has 0 aliphatic carbocycles. The van der Waals surface area contributed by atoms with Crippen LogP contribution in [-0.4, -0.2) is 4.98 Å². The van der Waals surface area contributed by atoms with Crippen molar-refractivity contribution < 1.29 is 0 Å². The molecule has 0 aliphatic heterocycles. The Balaban J connectivity index is 2.02. The highest BCUT2D eigenvalue weighted by atomic mass is 32.1. The largest absolute Gasteiger partial charge is 0.379 e. The topological polar surface area (TPSA) is 24.9 Å². The molecule has 0 saturated heterocycles. The molecule has 14 heavy (non-hydrogen) atoms. The highest BCUT2D eigenvalue weighted by Crippen LogP contribution is 2.21. The molecular weight excluding hydrogens is 212 g/mol. The molecule has 4 heteroatoms. The summed E-state index contributed by atoms with van der Waals surface area (Å²) in [6.07, 6.45) is 0. The molecular formula is C10H12N2S2. The molecule has 2 heterocycles.